The van der Waals surface area contributed by atoms with E-state index in [1.807, 2.05) is 0 Å². The quantitative estimate of drug-likeness (QED) is 0.463. The largest absolute Gasteiger partial charge is 0.503 e. The topological polar surface area (TPSA) is 108 Å². The second kappa shape index (κ2) is 8.76. The smallest absolute Gasteiger partial charge is 0.267 e. The minimum atomic E-state index is -2.92. The van der Waals surface area contributed by atoms with Crippen LogP contribution >= 0.6 is 23.2 Å². The van der Waals surface area contributed by atoms with Gasteiger partial charge in [-0.05, 0) is 23.2 Å². The number of aliphatic hydroxyl groups is 1. The summed E-state index contributed by atoms with van der Waals surface area (Å²) < 4.78 is 58.3. The first-order chi connectivity index (χ1) is 15.5. The Morgan fingerprint density at radius 2 is 1.58 bits per heavy atom. The van der Waals surface area contributed by atoms with Gasteiger partial charge in [0.1, 0.15) is 6.61 Å². The Morgan fingerprint density at radius 1 is 0.970 bits per heavy atom. The summed E-state index contributed by atoms with van der Waals surface area (Å²) in [4.78, 5) is 17.6. The number of fused-ring (bicyclic) bond motifs is 3. The first-order valence-electron chi connectivity index (χ1n) is 9.75. The normalized spacial score (nSPS) is 24.5. The summed E-state index contributed by atoms with van der Waals surface area (Å²) in [6.45, 7) is -1.15. The Balaban J connectivity index is 0.000000157. The van der Waals surface area contributed by atoms with E-state index in [2.05, 4.69) is 19.9 Å². The second-order valence-electron chi connectivity index (χ2n) is 7.85. The van der Waals surface area contributed by atoms with Crippen molar-refractivity contribution in [2.24, 2.45) is 0 Å². The van der Waals surface area contributed by atoms with E-state index in [0.29, 0.717) is 11.6 Å². The molecule has 3 aliphatic heterocycles. The summed E-state index contributed by atoms with van der Waals surface area (Å²) in [5.74, 6) is -5.25. The summed E-state index contributed by atoms with van der Waals surface area (Å²) in [5.41, 5.74) is 0. The Morgan fingerprint density at radius 3 is 2.27 bits per heavy atom. The van der Waals surface area contributed by atoms with Gasteiger partial charge < -0.3 is 24.7 Å². The molecule has 0 aliphatic carbocycles. The molecule has 33 heavy (non-hydrogen) atoms. The van der Waals surface area contributed by atoms with Crippen LogP contribution in [0.1, 0.15) is 12.8 Å². The van der Waals surface area contributed by atoms with Crippen molar-refractivity contribution in [3.8, 4) is 11.5 Å². The highest BCUT2D eigenvalue weighted by Gasteiger charge is 2.48. The zero-order valence-electron chi connectivity index (χ0n) is 16.8. The number of aromatic nitrogens is 4. The lowest BCUT2D eigenvalue weighted by atomic mass is 10.2. The van der Waals surface area contributed by atoms with Crippen LogP contribution in [0, 0.1) is 0 Å². The molecule has 2 aromatic rings. The minimum absolute atomic E-state index is 0.0400. The SMILES string of the molecule is FC1(F)CC2COc3cnc(Cl)nc3N2C1.OCC1CC(F)(F)CN1c1nc(Cl)ncc1O. The molecule has 2 N–H and O–H groups in total. The maximum atomic E-state index is 13.3. The van der Waals surface area contributed by atoms with Gasteiger partial charge in [-0.15, -0.1) is 0 Å². The summed E-state index contributed by atoms with van der Waals surface area (Å²) in [6.07, 6.45) is 1.77. The third-order valence-corrected chi connectivity index (χ3v) is 5.73. The van der Waals surface area contributed by atoms with Gasteiger partial charge in [-0.25, -0.2) is 27.5 Å². The monoisotopic (exact) mass is 512 g/mol. The highest BCUT2D eigenvalue weighted by Crippen LogP contribution is 2.41. The molecule has 2 unspecified atom stereocenters. The molecule has 180 valence electrons. The molecule has 0 aromatic carbocycles. The van der Waals surface area contributed by atoms with E-state index in [4.69, 9.17) is 33.0 Å². The van der Waals surface area contributed by atoms with E-state index in [9.17, 15) is 22.7 Å². The van der Waals surface area contributed by atoms with E-state index in [-0.39, 0.29) is 47.7 Å². The van der Waals surface area contributed by atoms with Crippen molar-refractivity contribution in [1.29, 1.82) is 0 Å². The van der Waals surface area contributed by atoms with Crippen molar-refractivity contribution < 1.29 is 32.5 Å². The fraction of sp³-hybridized carbons (Fsp3) is 0.556. The molecule has 0 spiro atoms. The van der Waals surface area contributed by atoms with Gasteiger partial charge in [0.05, 0.1) is 44.2 Å². The Bertz CT molecular complexity index is 1040. The van der Waals surface area contributed by atoms with Crippen LogP contribution in [0.2, 0.25) is 10.6 Å². The van der Waals surface area contributed by atoms with Crippen LogP contribution in [0.15, 0.2) is 12.4 Å². The average molecular weight is 513 g/mol. The number of ether oxygens (including phenoxy) is 1. The molecule has 2 atom stereocenters. The Hall–Kier alpha value is -2.38. The van der Waals surface area contributed by atoms with Gasteiger partial charge in [0.15, 0.2) is 23.1 Å². The van der Waals surface area contributed by atoms with E-state index in [1.54, 1.807) is 4.90 Å². The molecule has 3 aliphatic rings. The van der Waals surface area contributed by atoms with Crippen LogP contribution < -0.4 is 14.5 Å². The fourth-order valence-corrected chi connectivity index (χ4v) is 4.25. The molecule has 2 saturated heterocycles. The number of anilines is 2. The summed E-state index contributed by atoms with van der Waals surface area (Å²) >= 11 is 11.2. The van der Waals surface area contributed by atoms with E-state index in [1.165, 1.54) is 6.20 Å². The maximum absolute atomic E-state index is 13.3. The lowest BCUT2D eigenvalue weighted by molar-refractivity contribution is 0.0197. The molecule has 15 heteroatoms. The van der Waals surface area contributed by atoms with Gasteiger partial charge in [0.25, 0.3) is 11.8 Å². The first kappa shape index (κ1) is 23.8. The van der Waals surface area contributed by atoms with Crippen LogP contribution in [0.25, 0.3) is 0 Å². The number of alkyl halides is 4. The standard InChI is InChI=1S/C9H10ClF2N3O2.C9H8ClF2N3O/c10-8-13-2-6(17)7(14-8)15-4-9(11,12)1-5(15)3-16;10-8-13-2-6-7(14-8)15-4-9(11,12)1-5(15)3-16-6/h2,5,16-17H,1,3-4H2;2,5H,1,3-4H2. The average Bonchev–Trinajstić information content (AvgIpc) is 3.24. The van der Waals surface area contributed by atoms with Crippen LogP contribution in [0.4, 0.5) is 29.2 Å². The highest BCUT2D eigenvalue weighted by atomic mass is 35.5. The number of aliphatic hydroxyl groups excluding tert-OH is 1. The molecule has 0 amide bonds. The van der Waals surface area contributed by atoms with Crippen molar-refractivity contribution >= 4 is 34.8 Å². The maximum Gasteiger partial charge on any atom is 0.267 e. The fourth-order valence-electron chi connectivity index (χ4n) is 3.99. The molecule has 9 nitrogen and oxygen atoms in total. The predicted octanol–water partition coefficient (Wildman–Crippen LogP) is 2.78. The number of aromatic hydroxyl groups is 1. The number of hydrogen-bond donors (Lipinski definition) is 2. The van der Waals surface area contributed by atoms with Gasteiger partial charge in [-0.2, -0.15) is 9.97 Å². The number of hydrogen-bond acceptors (Lipinski definition) is 9. The molecule has 0 bridgehead atoms. The molecule has 2 fully saturated rings. The molecule has 5 rings (SSSR count). The lowest BCUT2D eigenvalue weighted by Crippen LogP contribution is -2.39. The van der Waals surface area contributed by atoms with Crippen molar-refractivity contribution in [2.45, 2.75) is 36.8 Å². The summed E-state index contributed by atoms with van der Waals surface area (Å²) in [6, 6.07) is -1.12. The molecule has 0 radical (unpaired) electrons. The van der Waals surface area contributed by atoms with Crippen molar-refractivity contribution in [1.82, 2.24) is 19.9 Å². The lowest BCUT2D eigenvalue weighted by Gasteiger charge is -2.31. The molecule has 2 aromatic heterocycles. The van der Waals surface area contributed by atoms with Gasteiger partial charge in [0.2, 0.25) is 10.6 Å². The molecular weight excluding hydrogens is 495 g/mol. The predicted molar refractivity (Wildman–Crippen MR) is 110 cm³/mol. The Kier molecular flexibility index (Phi) is 6.31. The number of nitrogens with zero attached hydrogens (tertiary/aromatic N) is 6. The van der Waals surface area contributed by atoms with Crippen molar-refractivity contribution in [3.05, 3.63) is 23.0 Å². The zero-order valence-corrected chi connectivity index (χ0v) is 18.3. The van der Waals surface area contributed by atoms with Crippen molar-refractivity contribution in [3.63, 3.8) is 0 Å². The van der Waals surface area contributed by atoms with Crippen LogP contribution in [-0.2, 0) is 0 Å². The second-order valence-corrected chi connectivity index (χ2v) is 8.53. The third-order valence-electron chi connectivity index (χ3n) is 5.37. The van der Waals surface area contributed by atoms with Crippen LogP contribution in [-0.4, -0.2) is 80.4 Å². The molecule has 5 heterocycles. The van der Waals surface area contributed by atoms with Gasteiger partial charge in [0, 0.05) is 12.8 Å². The van der Waals surface area contributed by atoms with Crippen LogP contribution in [0.3, 0.4) is 0 Å². The summed E-state index contributed by atoms with van der Waals surface area (Å²) in [5, 5.41) is 18.5. The van der Waals surface area contributed by atoms with E-state index in [0.717, 1.165) is 11.1 Å². The van der Waals surface area contributed by atoms with Crippen LogP contribution in [0.5, 0.6) is 11.5 Å². The summed E-state index contributed by atoms with van der Waals surface area (Å²) in [7, 11) is 0. The number of halogens is 6. The van der Waals surface area contributed by atoms with Gasteiger partial charge in [-0.3, -0.25) is 0 Å². The minimum Gasteiger partial charge on any atom is -0.503 e. The molecule has 0 saturated carbocycles. The molecular formula is C18H18Cl2F4N6O3. The van der Waals surface area contributed by atoms with Gasteiger partial charge in [-0.1, -0.05) is 0 Å². The van der Waals surface area contributed by atoms with Crippen molar-refractivity contribution in [2.75, 3.05) is 36.1 Å². The number of rotatable bonds is 2. The zero-order chi connectivity index (χ0) is 24.0. The first-order valence-corrected chi connectivity index (χ1v) is 10.5. The van der Waals surface area contributed by atoms with E-state index < -0.39 is 37.5 Å². The third kappa shape index (κ3) is 5.09. The van der Waals surface area contributed by atoms with E-state index >= 15 is 0 Å². The highest BCUT2D eigenvalue weighted by molar-refractivity contribution is 6.28. The van der Waals surface area contributed by atoms with Gasteiger partial charge >= 0.3 is 0 Å². The Labute approximate surface area is 194 Å².